The van der Waals surface area contributed by atoms with Gasteiger partial charge in [0.1, 0.15) is 11.4 Å². The van der Waals surface area contributed by atoms with Crippen LogP contribution in [0.4, 0.5) is 18.9 Å². The van der Waals surface area contributed by atoms with Gasteiger partial charge >= 0.3 is 6.18 Å². The molecule has 144 valence electrons. The van der Waals surface area contributed by atoms with Crippen LogP contribution in [-0.4, -0.2) is 26.6 Å². The Bertz CT molecular complexity index is 1050. The molecule has 0 aliphatic rings. The van der Waals surface area contributed by atoms with Gasteiger partial charge in [-0.2, -0.15) is 18.3 Å². The molecule has 3 N–H and O–H groups in total. The summed E-state index contributed by atoms with van der Waals surface area (Å²) in [7, 11) is 0. The Morgan fingerprint density at radius 1 is 1.11 bits per heavy atom. The smallest absolute Gasteiger partial charge is 0.364 e. The van der Waals surface area contributed by atoms with E-state index < -0.39 is 29.4 Å². The molecule has 28 heavy (non-hydrogen) atoms. The molecule has 11 heteroatoms. The number of hydrogen-bond acceptors (Lipinski definition) is 4. The zero-order chi connectivity index (χ0) is 20.5. The maximum atomic E-state index is 12.8. The topological polar surface area (TPSA) is 103 Å². The highest BCUT2D eigenvalue weighted by molar-refractivity contribution is 9.10. The minimum absolute atomic E-state index is 0.0559. The van der Waals surface area contributed by atoms with Crippen molar-refractivity contribution in [2.24, 2.45) is 5.73 Å². The van der Waals surface area contributed by atoms with E-state index in [0.717, 1.165) is 22.7 Å². The van der Waals surface area contributed by atoms with Crippen molar-refractivity contribution >= 4 is 33.4 Å². The summed E-state index contributed by atoms with van der Waals surface area (Å²) in [6.45, 7) is 0. The van der Waals surface area contributed by atoms with Crippen molar-refractivity contribution < 1.29 is 22.8 Å². The van der Waals surface area contributed by atoms with Crippen LogP contribution in [-0.2, 0) is 6.18 Å². The van der Waals surface area contributed by atoms with Crippen LogP contribution in [0.3, 0.4) is 0 Å². The van der Waals surface area contributed by atoms with Crippen molar-refractivity contribution in [3.8, 4) is 5.69 Å². The average molecular weight is 454 g/mol. The van der Waals surface area contributed by atoms with E-state index in [1.54, 1.807) is 24.3 Å². The Labute approximate surface area is 164 Å². The molecule has 0 saturated heterocycles. The summed E-state index contributed by atoms with van der Waals surface area (Å²) >= 11 is 3.29. The summed E-state index contributed by atoms with van der Waals surface area (Å²) in [5, 5.41) is 6.35. The summed E-state index contributed by atoms with van der Waals surface area (Å²) in [6, 6.07) is 9.80. The Morgan fingerprint density at radius 3 is 2.39 bits per heavy atom. The molecule has 3 aromatic rings. The zero-order valence-corrected chi connectivity index (χ0v) is 15.5. The fourth-order valence-corrected chi connectivity index (χ4v) is 2.54. The summed E-state index contributed by atoms with van der Waals surface area (Å²) in [5.74, 6) is -1.85. The third-order valence-corrected chi connectivity index (χ3v) is 4.09. The lowest BCUT2D eigenvalue weighted by Gasteiger charge is -2.08. The van der Waals surface area contributed by atoms with Crippen LogP contribution in [0, 0.1) is 0 Å². The molecule has 2 aromatic heterocycles. The maximum absolute atomic E-state index is 12.8. The number of alkyl halides is 3. The lowest BCUT2D eigenvalue weighted by molar-refractivity contribution is -0.141. The zero-order valence-electron chi connectivity index (χ0n) is 13.9. The van der Waals surface area contributed by atoms with Crippen LogP contribution < -0.4 is 11.1 Å². The van der Waals surface area contributed by atoms with Crippen molar-refractivity contribution in [2.45, 2.75) is 6.18 Å². The fourth-order valence-electron chi connectivity index (χ4n) is 2.28. The van der Waals surface area contributed by atoms with Crippen LogP contribution in [0.25, 0.3) is 5.69 Å². The van der Waals surface area contributed by atoms with Crippen LogP contribution in [0.1, 0.15) is 26.7 Å². The number of benzene rings is 1. The highest BCUT2D eigenvalue weighted by Gasteiger charge is 2.33. The number of anilines is 1. The number of nitrogens with two attached hydrogens (primary N) is 1. The SMILES string of the molecule is NC(=O)c1nn(-c2ccc(Br)cc2)cc1NC(=O)c1cccc(C(F)(F)F)n1. The largest absolute Gasteiger partial charge is 0.433 e. The molecule has 0 unspecified atom stereocenters. The molecule has 1 aromatic carbocycles. The van der Waals surface area contributed by atoms with Crippen molar-refractivity contribution in [1.82, 2.24) is 14.8 Å². The number of primary amides is 1. The first-order chi connectivity index (χ1) is 13.1. The first kappa shape index (κ1) is 19.5. The predicted octanol–water partition coefficient (Wildman–Crippen LogP) is 3.40. The van der Waals surface area contributed by atoms with Crippen LogP contribution in [0.5, 0.6) is 0 Å². The molecule has 0 bridgehead atoms. The van der Waals surface area contributed by atoms with E-state index in [1.165, 1.54) is 10.9 Å². The van der Waals surface area contributed by atoms with Crippen molar-refractivity contribution in [3.05, 3.63) is 70.2 Å². The lowest BCUT2D eigenvalue weighted by Crippen LogP contribution is -2.19. The minimum atomic E-state index is -4.69. The van der Waals surface area contributed by atoms with Gasteiger partial charge in [0.25, 0.3) is 11.8 Å². The number of halogens is 4. The third kappa shape index (κ3) is 4.19. The highest BCUT2D eigenvalue weighted by Crippen LogP contribution is 2.27. The Hall–Kier alpha value is -3.21. The number of hydrogen-bond donors (Lipinski definition) is 2. The quantitative estimate of drug-likeness (QED) is 0.631. The molecule has 0 spiro atoms. The van der Waals surface area contributed by atoms with E-state index in [1.807, 2.05) is 0 Å². The molecule has 0 aliphatic carbocycles. The predicted molar refractivity (Wildman–Crippen MR) is 97.0 cm³/mol. The van der Waals surface area contributed by atoms with Gasteiger partial charge in [-0.05, 0) is 36.4 Å². The van der Waals surface area contributed by atoms with Gasteiger partial charge < -0.3 is 11.1 Å². The molecule has 0 saturated carbocycles. The van der Waals surface area contributed by atoms with Gasteiger partial charge in [0.05, 0.1) is 17.6 Å². The lowest BCUT2D eigenvalue weighted by atomic mass is 10.2. The Balaban J connectivity index is 1.92. The standard InChI is InChI=1S/C17H11BrF3N5O2/c18-9-4-6-10(7-5-9)26-8-12(14(25-26)15(22)27)24-16(28)11-2-1-3-13(23-11)17(19,20)21/h1-8H,(H2,22,27)(H,24,28). The molecule has 0 fully saturated rings. The molecular formula is C17H11BrF3N5O2. The van der Waals surface area contributed by atoms with E-state index in [4.69, 9.17) is 5.73 Å². The van der Waals surface area contributed by atoms with Gasteiger partial charge in [0, 0.05) is 4.47 Å². The Morgan fingerprint density at radius 2 is 1.79 bits per heavy atom. The maximum Gasteiger partial charge on any atom is 0.433 e. The molecule has 3 rings (SSSR count). The number of carbonyl (C=O) groups is 2. The molecule has 2 heterocycles. The first-order valence-corrected chi connectivity index (χ1v) is 8.45. The number of pyridine rings is 1. The van der Waals surface area contributed by atoms with E-state index in [0.29, 0.717) is 5.69 Å². The summed E-state index contributed by atoms with van der Waals surface area (Å²) in [5.41, 5.74) is 3.88. The van der Waals surface area contributed by atoms with Gasteiger partial charge in [-0.25, -0.2) is 9.67 Å². The third-order valence-electron chi connectivity index (χ3n) is 3.56. The summed E-state index contributed by atoms with van der Waals surface area (Å²) in [6.07, 6.45) is -3.37. The van der Waals surface area contributed by atoms with Crippen molar-refractivity contribution in [1.29, 1.82) is 0 Å². The number of nitrogens with zero attached hydrogens (tertiary/aromatic N) is 3. The number of rotatable bonds is 4. The highest BCUT2D eigenvalue weighted by atomic mass is 79.9. The molecular weight excluding hydrogens is 443 g/mol. The monoisotopic (exact) mass is 453 g/mol. The number of amides is 2. The second kappa shape index (κ2) is 7.43. The number of nitrogens with one attached hydrogen (secondary N) is 1. The summed E-state index contributed by atoms with van der Waals surface area (Å²) in [4.78, 5) is 27.3. The molecule has 0 atom stereocenters. The van der Waals surface area contributed by atoms with Crippen molar-refractivity contribution in [2.75, 3.05) is 5.32 Å². The molecule has 7 nitrogen and oxygen atoms in total. The van der Waals surface area contributed by atoms with E-state index in [2.05, 4.69) is 31.3 Å². The summed E-state index contributed by atoms with van der Waals surface area (Å²) < 4.78 is 40.5. The molecule has 2 amide bonds. The fraction of sp³-hybridized carbons (Fsp3) is 0.0588. The van der Waals surface area contributed by atoms with Crippen LogP contribution >= 0.6 is 15.9 Å². The van der Waals surface area contributed by atoms with E-state index in [-0.39, 0.29) is 11.4 Å². The molecule has 0 aliphatic heterocycles. The number of aromatic nitrogens is 3. The van der Waals surface area contributed by atoms with Crippen LogP contribution in [0.2, 0.25) is 0 Å². The van der Waals surface area contributed by atoms with Gasteiger partial charge in [0.15, 0.2) is 5.69 Å². The van der Waals surface area contributed by atoms with E-state index in [9.17, 15) is 22.8 Å². The second-order valence-electron chi connectivity index (χ2n) is 5.54. The van der Waals surface area contributed by atoms with Gasteiger partial charge in [-0.15, -0.1) is 0 Å². The van der Waals surface area contributed by atoms with Crippen molar-refractivity contribution in [3.63, 3.8) is 0 Å². The van der Waals surface area contributed by atoms with Gasteiger partial charge in [-0.3, -0.25) is 9.59 Å². The van der Waals surface area contributed by atoms with Crippen LogP contribution in [0.15, 0.2) is 53.1 Å². The molecule has 0 radical (unpaired) electrons. The normalized spacial score (nSPS) is 11.3. The second-order valence-corrected chi connectivity index (χ2v) is 6.45. The minimum Gasteiger partial charge on any atom is -0.364 e. The number of carbonyl (C=O) groups excluding carboxylic acids is 2. The van der Waals surface area contributed by atoms with Gasteiger partial charge in [-0.1, -0.05) is 22.0 Å². The first-order valence-electron chi connectivity index (χ1n) is 7.66. The Kier molecular flexibility index (Phi) is 5.18. The average Bonchev–Trinajstić information content (AvgIpc) is 3.06. The van der Waals surface area contributed by atoms with Gasteiger partial charge in [0.2, 0.25) is 0 Å². The van der Waals surface area contributed by atoms with E-state index >= 15 is 0 Å².